The molecule has 0 amide bonds. The average Bonchev–Trinajstić information content (AvgIpc) is 2.10. The summed E-state index contributed by atoms with van der Waals surface area (Å²) in [4.78, 5) is 0. The average molecular weight is 235 g/mol. The molecule has 0 saturated heterocycles. The van der Waals surface area contributed by atoms with Gasteiger partial charge < -0.3 is 5.73 Å². The van der Waals surface area contributed by atoms with E-state index in [1.54, 1.807) is 6.07 Å². The minimum Gasteiger partial charge on any atom is -0.323 e. The molecule has 0 heterocycles. The van der Waals surface area contributed by atoms with Crippen molar-refractivity contribution in [2.75, 3.05) is 0 Å². The molecule has 2 nitrogen and oxygen atoms in total. The molecule has 0 aliphatic rings. The standard InChI is InChI=1S/C9H8ClFN2.ClH/c10-7-2-1-6(5-8(7)11)9(13)3-4-12;/h1-2,5,9H,3,13H2;1H/t9-;/m0./s1. The monoisotopic (exact) mass is 234 g/mol. The molecule has 0 aliphatic carbocycles. The second kappa shape index (κ2) is 5.82. The van der Waals surface area contributed by atoms with Crippen LogP contribution in [0.5, 0.6) is 0 Å². The quantitative estimate of drug-likeness (QED) is 0.856. The van der Waals surface area contributed by atoms with Gasteiger partial charge in [-0.2, -0.15) is 5.26 Å². The topological polar surface area (TPSA) is 49.8 Å². The molecule has 1 aromatic rings. The minimum atomic E-state index is -0.507. The molecular weight excluding hydrogens is 226 g/mol. The predicted molar refractivity (Wildman–Crippen MR) is 55.8 cm³/mol. The van der Waals surface area contributed by atoms with Crippen molar-refractivity contribution < 1.29 is 4.39 Å². The highest BCUT2D eigenvalue weighted by molar-refractivity contribution is 6.30. The van der Waals surface area contributed by atoms with Gasteiger partial charge in [0.25, 0.3) is 0 Å². The molecule has 0 radical (unpaired) electrons. The molecule has 0 saturated carbocycles. The maximum absolute atomic E-state index is 12.9. The predicted octanol–water partition coefficient (Wildman–Crippen LogP) is 2.81. The van der Waals surface area contributed by atoms with Gasteiger partial charge in [-0.3, -0.25) is 0 Å². The highest BCUT2D eigenvalue weighted by Gasteiger charge is 2.07. The van der Waals surface area contributed by atoms with Crippen LogP contribution in [0.1, 0.15) is 18.0 Å². The van der Waals surface area contributed by atoms with Gasteiger partial charge in [0.2, 0.25) is 0 Å². The van der Waals surface area contributed by atoms with Crippen molar-refractivity contribution in [3.05, 3.63) is 34.6 Å². The van der Waals surface area contributed by atoms with Crippen molar-refractivity contribution >= 4 is 24.0 Å². The van der Waals surface area contributed by atoms with Gasteiger partial charge in [0.05, 0.1) is 17.5 Å². The molecule has 14 heavy (non-hydrogen) atoms. The third-order valence-corrected chi connectivity index (χ3v) is 1.99. The second-order valence-corrected chi connectivity index (χ2v) is 3.05. The number of hydrogen-bond donors (Lipinski definition) is 1. The highest BCUT2D eigenvalue weighted by atomic mass is 35.5. The summed E-state index contributed by atoms with van der Waals surface area (Å²) in [5.74, 6) is -0.507. The van der Waals surface area contributed by atoms with Crippen LogP contribution in [0.25, 0.3) is 0 Å². The van der Waals surface area contributed by atoms with E-state index >= 15 is 0 Å². The lowest BCUT2D eigenvalue weighted by molar-refractivity contribution is 0.620. The van der Waals surface area contributed by atoms with Crippen LogP contribution in [0.15, 0.2) is 18.2 Å². The smallest absolute Gasteiger partial charge is 0.142 e. The molecule has 1 rings (SSSR count). The Morgan fingerprint density at radius 3 is 2.71 bits per heavy atom. The van der Waals surface area contributed by atoms with E-state index in [4.69, 9.17) is 22.6 Å². The number of rotatable bonds is 2. The second-order valence-electron chi connectivity index (χ2n) is 2.64. The fourth-order valence-corrected chi connectivity index (χ4v) is 1.08. The molecule has 0 bridgehead atoms. The maximum Gasteiger partial charge on any atom is 0.142 e. The van der Waals surface area contributed by atoms with Crippen LogP contribution in [-0.2, 0) is 0 Å². The van der Waals surface area contributed by atoms with Crippen molar-refractivity contribution in [3.63, 3.8) is 0 Å². The number of nitrogens with zero attached hydrogens (tertiary/aromatic N) is 1. The molecule has 0 aromatic heterocycles. The lowest BCUT2D eigenvalue weighted by atomic mass is 10.1. The Labute approximate surface area is 92.9 Å². The number of halogens is 3. The maximum atomic E-state index is 12.9. The number of nitrogens with two attached hydrogens (primary N) is 1. The molecule has 0 aliphatic heterocycles. The molecule has 0 spiro atoms. The Morgan fingerprint density at radius 2 is 2.21 bits per heavy atom. The number of nitriles is 1. The minimum absolute atomic E-state index is 0. The van der Waals surface area contributed by atoms with Gasteiger partial charge in [-0.05, 0) is 17.7 Å². The van der Waals surface area contributed by atoms with E-state index < -0.39 is 11.9 Å². The zero-order valence-corrected chi connectivity index (χ0v) is 8.78. The summed E-state index contributed by atoms with van der Waals surface area (Å²) < 4.78 is 12.9. The van der Waals surface area contributed by atoms with Crippen LogP contribution in [0.3, 0.4) is 0 Å². The van der Waals surface area contributed by atoms with Crippen LogP contribution in [-0.4, -0.2) is 0 Å². The number of hydrogen-bond acceptors (Lipinski definition) is 2. The van der Waals surface area contributed by atoms with E-state index in [1.165, 1.54) is 12.1 Å². The van der Waals surface area contributed by atoms with E-state index in [1.807, 2.05) is 6.07 Å². The molecule has 1 aromatic carbocycles. The molecule has 5 heteroatoms. The summed E-state index contributed by atoms with van der Waals surface area (Å²) >= 11 is 5.48. The van der Waals surface area contributed by atoms with Gasteiger partial charge in [-0.25, -0.2) is 4.39 Å². The van der Waals surface area contributed by atoms with Crippen LogP contribution in [0.4, 0.5) is 4.39 Å². The van der Waals surface area contributed by atoms with Crippen molar-refractivity contribution in [3.8, 4) is 6.07 Å². The van der Waals surface area contributed by atoms with Gasteiger partial charge in [-0.15, -0.1) is 12.4 Å². The van der Waals surface area contributed by atoms with Gasteiger partial charge in [-0.1, -0.05) is 17.7 Å². The normalized spacial score (nSPS) is 11.3. The summed E-state index contributed by atoms with van der Waals surface area (Å²) in [5, 5.41) is 8.43. The third kappa shape index (κ3) is 3.15. The first-order chi connectivity index (χ1) is 6.15. The molecule has 0 fully saturated rings. The van der Waals surface area contributed by atoms with Crippen LogP contribution >= 0.6 is 24.0 Å². The molecule has 2 N–H and O–H groups in total. The SMILES string of the molecule is Cl.N#CC[C@H](N)c1ccc(Cl)c(F)c1. The van der Waals surface area contributed by atoms with Crippen molar-refractivity contribution in [1.29, 1.82) is 5.26 Å². The first-order valence-electron chi connectivity index (χ1n) is 3.72. The van der Waals surface area contributed by atoms with E-state index in [2.05, 4.69) is 0 Å². The summed E-state index contributed by atoms with van der Waals surface area (Å²) in [5.41, 5.74) is 6.18. The van der Waals surface area contributed by atoms with Crippen LogP contribution in [0.2, 0.25) is 5.02 Å². The molecule has 76 valence electrons. The van der Waals surface area contributed by atoms with Crippen molar-refractivity contribution in [2.45, 2.75) is 12.5 Å². The Balaban J connectivity index is 0.00000169. The zero-order chi connectivity index (χ0) is 9.84. The Bertz CT molecular complexity index is 349. The Kier molecular flexibility index (Phi) is 5.47. The van der Waals surface area contributed by atoms with E-state index in [0.717, 1.165) is 0 Å². The fraction of sp³-hybridized carbons (Fsp3) is 0.222. The first-order valence-corrected chi connectivity index (χ1v) is 4.10. The lowest BCUT2D eigenvalue weighted by Gasteiger charge is -2.07. The van der Waals surface area contributed by atoms with Crippen LogP contribution in [0, 0.1) is 17.1 Å². The summed E-state index contributed by atoms with van der Waals surface area (Å²) in [6.07, 6.45) is 0.168. The Morgan fingerprint density at radius 1 is 1.57 bits per heavy atom. The highest BCUT2D eigenvalue weighted by Crippen LogP contribution is 2.20. The van der Waals surface area contributed by atoms with Gasteiger partial charge in [0, 0.05) is 6.04 Å². The molecular formula is C9H9Cl2FN2. The molecule has 0 unspecified atom stereocenters. The fourth-order valence-electron chi connectivity index (χ4n) is 0.959. The van der Waals surface area contributed by atoms with Crippen LogP contribution < -0.4 is 5.73 Å². The number of benzene rings is 1. The van der Waals surface area contributed by atoms with Gasteiger partial charge >= 0.3 is 0 Å². The summed E-state index contributed by atoms with van der Waals surface area (Å²) in [6, 6.07) is 5.78. The first kappa shape index (κ1) is 13.2. The van der Waals surface area contributed by atoms with Crippen molar-refractivity contribution in [2.24, 2.45) is 5.73 Å². The summed E-state index contributed by atoms with van der Waals surface area (Å²) in [6.45, 7) is 0. The molecule has 1 atom stereocenters. The summed E-state index contributed by atoms with van der Waals surface area (Å²) in [7, 11) is 0. The van der Waals surface area contributed by atoms with Crippen molar-refractivity contribution in [1.82, 2.24) is 0 Å². The van der Waals surface area contributed by atoms with Gasteiger partial charge in [0.1, 0.15) is 5.82 Å². The largest absolute Gasteiger partial charge is 0.323 e. The zero-order valence-electron chi connectivity index (χ0n) is 7.21. The lowest BCUT2D eigenvalue weighted by Crippen LogP contribution is -2.09. The van der Waals surface area contributed by atoms with E-state index in [9.17, 15) is 4.39 Å². The van der Waals surface area contributed by atoms with E-state index in [0.29, 0.717) is 5.56 Å². The van der Waals surface area contributed by atoms with E-state index in [-0.39, 0.29) is 23.9 Å². The Hall–Kier alpha value is -0.820. The van der Waals surface area contributed by atoms with Gasteiger partial charge in [0.15, 0.2) is 0 Å². The third-order valence-electron chi connectivity index (χ3n) is 1.68.